The lowest BCUT2D eigenvalue weighted by molar-refractivity contribution is 0.0925. The molecule has 0 fully saturated rings. The predicted molar refractivity (Wildman–Crippen MR) is 77.9 cm³/mol. The Kier molecular flexibility index (Phi) is 4.51. The molecule has 2 aromatic rings. The van der Waals surface area contributed by atoms with E-state index in [0.717, 1.165) is 5.56 Å². The zero-order chi connectivity index (χ0) is 14.5. The van der Waals surface area contributed by atoms with Gasteiger partial charge in [-0.05, 0) is 35.7 Å². The van der Waals surface area contributed by atoms with Crippen molar-refractivity contribution in [3.63, 3.8) is 0 Å². The third-order valence-electron chi connectivity index (χ3n) is 3.22. The molecule has 2 rings (SSSR count). The highest BCUT2D eigenvalue weighted by atomic mass is 19.1. The minimum Gasteiger partial charge on any atom is -0.345 e. The Morgan fingerprint density at radius 1 is 1.00 bits per heavy atom. The first-order chi connectivity index (χ1) is 9.58. The van der Waals surface area contributed by atoms with Gasteiger partial charge in [-0.15, -0.1) is 0 Å². The quantitative estimate of drug-likeness (QED) is 0.896. The van der Waals surface area contributed by atoms with Gasteiger partial charge in [-0.3, -0.25) is 4.79 Å². The summed E-state index contributed by atoms with van der Waals surface area (Å²) >= 11 is 0. The van der Waals surface area contributed by atoms with E-state index in [4.69, 9.17) is 0 Å². The van der Waals surface area contributed by atoms with Crippen molar-refractivity contribution in [3.8, 4) is 0 Å². The lowest BCUT2D eigenvalue weighted by Gasteiger charge is -2.23. The number of nitrogens with one attached hydrogen (secondary N) is 1. The molecule has 0 radical (unpaired) electrons. The van der Waals surface area contributed by atoms with Crippen molar-refractivity contribution in [2.24, 2.45) is 5.92 Å². The second kappa shape index (κ2) is 6.33. The smallest absolute Gasteiger partial charge is 0.251 e. The predicted octanol–water partition coefficient (Wildman–Crippen LogP) is 3.95. The van der Waals surface area contributed by atoms with E-state index in [-0.39, 0.29) is 23.7 Å². The van der Waals surface area contributed by atoms with Crippen LogP contribution in [0.4, 0.5) is 4.39 Å². The third kappa shape index (κ3) is 3.44. The molecular formula is C17H18FNO. The summed E-state index contributed by atoms with van der Waals surface area (Å²) in [5.41, 5.74) is 1.53. The minimum absolute atomic E-state index is 0.117. The molecule has 0 aliphatic carbocycles. The third-order valence-corrected chi connectivity index (χ3v) is 3.22. The molecule has 3 heteroatoms. The van der Waals surface area contributed by atoms with E-state index < -0.39 is 0 Å². The first-order valence-corrected chi connectivity index (χ1v) is 6.69. The summed E-state index contributed by atoms with van der Waals surface area (Å²) in [6.45, 7) is 4.05. The summed E-state index contributed by atoms with van der Waals surface area (Å²) in [6, 6.07) is 15.2. The number of halogens is 1. The standard InChI is InChI=1S/C17H18FNO/c1-12(2)16(13-8-10-15(18)11-9-13)19-17(20)14-6-4-3-5-7-14/h3-12,16H,1-2H3,(H,19,20)/t16-/m1/s1. The number of benzene rings is 2. The van der Waals surface area contributed by atoms with E-state index in [1.54, 1.807) is 24.3 Å². The fourth-order valence-electron chi connectivity index (χ4n) is 2.12. The molecule has 0 saturated heterocycles. The van der Waals surface area contributed by atoms with Gasteiger partial charge in [0.1, 0.15) is 5.82 Å². The molecule has 2 aromatic carbocycles. The number of hydrogen-bond donors (Lipinski definition) is 1. The van der Waals surface area contributed by atoms with Gasteiger partial charge in [-0.2, -0.15) is 0 Å². The van der Waals surface area contributed by atoms with Crippen molar-refractivity contribution in [1.29, 1.82) is 0 Å². The Balaban J connectivity index is 2.18. The first kappa shape index (κ1) is 14.3. The molecule has 0 unspecified atom stereocenters. The number of amides is 1. The van der Waals surface area contributed by atoms with Gasteiger partial charge < -0.3 is 5.32 Å². The van der Waals surface area contributed by atoms with Crippen LogP contribution in [-0.2, 0) is 0 Å². The van der Waals surface area contributed by atoms with Crippen LogP contribution in [0.1, 0.15) is 35.8 Å². The monoisotopic (exact) mass is 271 g/mol. The highest BCUT2D eigenvalue weighted by molar-refractivity contribution is 5.94. The maximum atomic E-state index is 13.0. The molecule has 0 bridgehead atoms. The molecule has 0 spiro atoms. The Bertz CT molecular complexity index is 563. The molecule has 0 aromatic heterocycles. The average molecular weight is 271 g/mol. The molecule has 0 heterocycles. The van der Waals surface area contributed by atoms with Crippen LogP contribution in [0.5, 0.6) is 0 Å². The van der Waals surface area contributed by atoms with E-state index >= 15 is 0 Å². The fraction of sp³-hybridized carbons (Fsp3) is 0.235. The highest BCUT2D eigenvalue weighted by Crippen LogP contribution is 2.22. The van der Waals surface area contributed by atoms with Gasteiger partial charge in [0.05, 0.1) is 6.04 Å². The summed E-state index contributed by atoms with van der Waals surface area (Å²) in [5, 5.41) is 3.01. The molecule has 1 N–H and O–H groups in total. The van der Waals surface area contributed by atoms with Gasteiger partial charge in [0.25, 0.3) is 5.91 Å². The van der Waals surface area contributed by atoms with E-state index in [9.17, 15) is 9.18 Å². The summed E-state index contributed by atoms with van der Waals surface area (Å²) < 4.78 is 13.0. The van der Waals surface area contributed by atoms with E-state index in [2.05, 4.69) is 5.32 Å². The second-order valence-corrected chi connectivity index (χ2v) is 5.11. The van der Waals surface area contributed by atoms with Crippen LogP contribution in [0.3, 0.4) is 0 Å². The van der Waals surface area contributed by atoms with E-state index in [1.165, 1.54) is 12.1 Å². The van der Waals surface area contributed by atoms with Crippen molar-refractivity contribution in [1.82, 2.24) is 5.32 Å². The summed E-state index contributed by atoms with van der Waals surface area (Å²) in [7, 11) is 0. The average Bonchev–Trinajstić information content (AvgIpc) is 2.46. The molecule has 20 heavy (non-hydrogen) atoms. The lowest BCUT2D eigenvalue weighted by Crippen LogP contribution is -2.31. The van der Waals surface area contributed by atoms with Gasteiger partial charge >= 0.3 is 0 Å². The summed E-state index contributed by atoms with van der Waals surface area (Å²) in [6.07, 6.45) is 0. The summed E-state index contributed by atoms with van der Waals surface area (Å²) in [4.78, 5) is 12.2. The second-order valence-electron chi connectivity index (χ2n) is 5.11. The van der Waals surface area contributed by atoms with Gasteiger partial charge in [-0.25, -0.2) is 4.39 Å². The normalized spacial score (nSPS) is 12.2. The van der Waals surface area contributed by atoms with E-state index in [0.29, 0.717) is 5.56 Å². The molecule has 0 aliphatic heterocycles. The molecular weight excluding hydrogens is 253 g/mol. The molecule has 104 valence electrons. The molecule has 0 saturated carbocycles. The zero-order valence-electron chi connectivity index (χ0n) is 11.6. The lowest BCUT2D eigenvalue weighted by atomic mass is 9.95. The van der Waals surface area contributed by atoms with Gasteiger partial charge in [0.2, 0.25) is 0 Å². The maximum absolute atomic E-state index is 13.0. The van der Waals surface area contributed by atoms with Crippen LogP contribution in [0, 0.1) is 11.7 Å². The number of rotatable bonds is 4. The summed E-state index contributed by atoms with van der Waals surface area (Å²) in [5.74, 6) is -0.174. The molecule has 0 aliphatic rings. The Labute approximate surface area is 118 Å². The van der Waals surface area contributed by atoms with Crippen LogP contribution in [-0.4, -0.2) is 5.91 Å². The molecule has 1 atom stereocenters. The van der Waals surface area contributed by atoms with Crippen LogP contribution in [0.15, 0.2) is 54.6 Å². The van der Waals surface area contributed by atoms with Crippen molar-refractivity contribution in [2.75, 3.05) is 0 Å². The minimum atomic E-state index is -0.273. The number of carbonyl (C=O) groups excluding carboxylic acids is 1. The van der Waals surface area contributed by atoms with Crippen LogP contribution >= 0.6 is 0 Å². The van der Waals surface area contributed by atoms with E-state index in [1.807, 2.05) is 32.0 Å². The SMILES string of the molecule is CC(C)[C@@H](NC(=O)c1ccccc1)c1ccc(F)cc1. The van der Waals surface area contributed by atoms with Crippen LogP contribution in [0.2, 0.25) is 0 Å². The molecule has 2 nitrogen and oxygen atoms in total. The first-order valence-electron chi connectivity index (χ1n) is 6.69. The van der Waals surface area contributed by atoms with Gasteiger partial charge in [0, 0.05) is 5.56 Å². The van der Waals surface area contributed by atoms with Crippen LogP contribution in [0.25, 0.3) is 0 Å². The topological polar surface area (TPSA) is 29.1 Å². The fourth-order valence-corrected chi connectivity index (χ4v) is 2.12. The van der Waals surface area contributed by atoms with Crippen molar-refractivity contribution in [3.05, 3.63) is 71.5 Å². The Hall–Kier alpha value is -2.16. The van der Waals surface area contributed by atoms with Crippen molar-refractivity contribution < 1.29 is 9.18 Å². The van der Waals surface area contributed by atoms with Gasteiger partial charge in [0.15, 0.2) is 0 Å². The Morgan fingerprint density at radius 2 is 1.60 bits per heavy atom. The van der Waals surface area contributed by atoms with Crippen LogP contribution < -0.4 is 5.32 Å². The maximum Gasteiger partial charge on any atom is 0.251 e. The van der Waals surface area contributed by atoms with Crippen molar-refractivity contribution in [2.45, 2.75) is 19.9 Å². The molecule has 1 amide bonds. The highest BCUT2D eigenvalue weighted by Gasteiger charge is 2.19. The Morgan fingerprint density at radius 3 is 2.15 bits per heavy atom. The zero-order valence-corrected chi connectivity index (χ0v) is 11.6. The largest absolute Gasteiger partial charge is 0.345 e. The van der Waals surface area contributed by atoms with Gasteiger partial charge in [-0.1, -0.05) is 44.2 Å². The number of hydrogen-bond acceptors (Lipinski definition) is 1. The van der Waals surface area contributed by atoms with Crippen molar-refractivity contribution >= 4 is 5.91 Å². The number of carbonyl (C=O) groups is 1.